The fourth-order valence-corrected chi connectivity index (χ4v) is 2.28. The summed E-state index contributed by atoms with van der Waals surface area (Å²) in [7, 11) is 0. The molecule has 3 rings (SSSR count). The fourth-order valence-electron chi connectivity index (χ4n) is 2.13. The highest BCUT2D eigenvalue weighted by Crippen LogP contribution is 2.26. The van der Waals surface area contributed by atoms with Crippen molar-refractivity contribution in [1.82, 2.24) is 19.9 Å². The molecule has 0 aromatic carbocycles. The van der Waals surface area contributed by atoms with Gasteiger partial charge in [0.15, 0.2) is 0 Å². The highest BCUT2D eigenvalue weighted by atomic mass is 35.5. The monoisotopic (exact) mass is 264 g/mol. The van der Waals surface area contributed by atoms with Crippen LogP contribution in [0, 0.1) is 0 Å². The molecule has 6 heteroatoms. The third kappa shape index (κ3) is 1.80. The third-order valence-electron chi connectivity index (χ3n) is 3.36. The molecule has 1 fully saturated rings. The Morgan fingerprint density at radius 1 is 1.44 bits per heavy atom. The van der Waals surface area contributed by atoms with Gasteiger partial charge < -0.3 is 15.0 Å². The van der Waals surface area contributed by atoms with Crippen molar-refractivity contribution in [2.45, 2.75) is 5.54 Å². The zero-order valence-corrected chi connectivity index (χ0v) is 10.4. The summed E-state index contributed by atoms with van der Waals surface area (Å²) in [5, 5.41) is 12.9. The van der Waals surface area contributed by atoms with Gasteiger partial charge >= 0.3 is 0 Å². The number of halogens is 1. The molecule has 0 bridgehead atoms. The van der Waals surface area contributed by atoms with Gasteiger partial charge in [-0.2, -0.15) is 0 Å². The molecule has 2 aromatic rings. The SMILES string of the molecule is OCC1(n2ccc(-c3ccnc(Cl)n3)c2)CNC1. The molecule has 0 aliphatic carbocycles. The average Bonchev–Trinajstić information content (AvgIpc) is 2.78. The largest absolute Gasteiger partial charge is 0.394 e. The summed E-state index contributed by atoms with van der Waals surface area (Å²) < 4.78 is 2.04. The first-order valence-corrected chi connectivity index (χ1v) is 6.10. The molecule has 0 amide bonds. The number of aliphatic hydroxyl groups is 1. The Kier molecular flexibility index (Phi) is 2.81. The van der Waals surface area contributed by atoms with Gasteiger partial charge in [0.2, 0.25) is 5.28 Å². The predicted molar refractivity (Wildman–Crippen MR) is 68.4 cm³/mol. The van der Waals surface area contributed by atoms with Crippen LogP contribution in [0.5, 0.6) is 0 Å². The first-order chi connectivity index (χ1) is 8.73. The lowest BCUT2D eigenvalue weighted by molar-refractivity contribution is 0.0781. The number of aromatic nitrogens is 3. The van der Waals surface area contributed by atoms with Crippen molar-refractivity contribution in [2.75, 3.05) is 19.7 Å². The van der Waals surface area contributed by atoms with Crippen LogP contribution in [-0.4, -0.2) is 39.3 Å². The normalized spacial score (nSPS) is 17.4. The predicted octanol–water partition coefficient (Wildman–Crippen LogP) is 0.889. The Morgan fingerprint density at radius 2 is 2.28 bits per heavy atom. The number of rotatable bonds is 3. The molecule has 0 unspecified atom stereocenters. The maximum absolute atomic E-state index is 9.51. The van der Waals surface area contributed by atoms with Gasteiger partial charge in [-0.15, -0.1) is 0 Å². The third-order valence-corrected chi connectivity index (χ3v) is 3.55. The van der Waals surface area contributed by atoms with E-state index < -0.39 is 0 Å². The van der Waals surface area contributed by atoms with Crippen molar-refractivity contribution in [3.8, 4) is 11.3 Å². The van der Waals surface area contributed by atoms with Gasteiger partial charge in [-0.05, 0) is 23.7 Å². The molecule has 94 valence electrons. The second-order valence-corrected chi connectivity index (χ2v) is 4.84. The number of hydrogen-bond donors (Lipinski definition) is 2. The number of aliphatic hydroxyl groups excluding tert-OH is 1. The summed E-state index contributed by atoms with van der Waals surface area (Å²) in [5.74, 6) is 0. The highest BCUT2D eigenvalue weighted by Gasteiger charge is 2.37. The van der Waals surface area contributed by atoms with Crippen LogP contribution in [0.3, 0.4) is 0 Å². The quantitative estimate of drug-likeness (QED) is 0.809. The van der Waals surface area contributed by atoms with Gasteiger partial charge in [-0.3, -0.25) is 0 Å². The maximum Gasteiger partial charge on any atom is 0.222 e. The molecule has 3 heterocycles. The Balaban J connectivity index is 1.94. The molecule has 0 atom stereocenters. The second-order valence-electron chi connectivity index (χ2n) is 4.50. The van der Waals surface area contributed by atoms with E-state index in [2.05, 4.69) is 15.3 Å². The van der Waals surface area contributed by atoms with Gasteiger partial charge in [0.1, 0.15) is 0 Å². The zero-order chi connectivity index (χ0) is 12.6. The lowest BCUT2D eigenvalue weighted by Gasteiger charge is -2.42. The number of hydrogen-bond acceptors (Lipinski definition) is 4. The fraction of sp³-hybridized carbons (Fsp3) is 0.333. The topological polar surface area (TPSA) is 63.0 Å². The summed E-state index contributed by atoms with van der Waals surface area (Å²) in [6.07, 6.45) is 5.58. The minimum Gasteiger partial charge on any atom is -0.394 e. The van der Waals surface area contributed by atoms with Crippen molar-refractivity contribution >= 4 is 11.6 Å². The molecule has 2 N–H and O–H groups in total. The second kappa shape index (κ2) is 4.35. The zero-order valence-electron chi connectivity index (χ0n) is 9.67. The Hall–Kier alpha value is -1.43. The lowest BCUT2D eigenvalue weighted by atomic mass is 9.93. The van der Waals surface area contributed by atoms with E-state index in [1.807, 2.05) is 29.1 Å². The molecular weight excluding hydrogens is 252 g/mol. The van der Waals surface area contributed by atoms with E-state index in [9.17, 15) is 5.11 Å². The first kappa shape index (κ1) is 11.6. The smallest absolute Gasteiger partial charge is 0.222 e. The molecule has 2 aromatic heterocycles. The minimum absolute atomic E-state index is 0.124. The average molecular weight is 265 g/mol. The standard InChI is InChI=1S/C12H13ClN4O/c13-11-15-3-1-10(16-11)9-2-4-17(5-9)12(8-18)6-14-7-12/h1-5,14,18H,6-8H2. The van der Waals surface area contributed by atoms with Crippen molar-refractivity contribution in [3.63, 3.8) is 0 Å². The van der Waals surface area contributed by atoms with Crippen molar-refractivity contribution < 1.29 is 5.11 Å². The van der Waals surface area contributed by atoms with Gasteiger partial charge in [0, 0.05) is 37.2 Å². The van der Waals surface area contributed by atoms with Crippen LogP contribution in [0.25, 0.3) is 11.3 Å². The van der Waals surface area contributed by atoms with E-state index in [0.29, 0.717) is 0 Å². The summed E-state index contributed by atoms with van der Waals surface area (Å²) >= 11 is 5.78. The molecule has 0 radical (unpaired) electrons. The van der Waals surface area contributed by atoms with E-state index in [0.717, 1.165) is 24.3 Å². The van der Waals surface area contributed by atoms with E-state index >= 15 is 0 Å². The molecule has 1 aliphatic rings. The Bertz CT molecular complexity index is 559. The Morgan fingerprint density at radius 3 is 2.89 bits per heavy atom. The van der Waals surface area contributed by atoms with Crippen LogP contribution >= 0.6 is 11.6 Å². The molecular formula is C12H13ClN4O. The van der Waals surface area contributed by atoms with Crippen LogP contribution in [-0.2, 0) is 5.54 Å². The van der Waals surface area contributed by atoms with Crippen molar-refractivity contribution in [3.05, 3.63) is 36.0 Å². The van der Waals surface area contributed by atoms with Gasteiger partial charge in [-0.1, -0.05) is 0 Å². The van der Waals surface area contributed by atoms with Gasteiger partial charge in [0.05, 0.1) is 17.8 Å². The van der Waals surface area contributed by atoms with Crippen LogP contribution in [0.15, 0.2) is 30.7 Å². The van der Waals surface area contributed by atoms with Crippen LogP contribution < -0.4 is 5.32 Å². The molecule has 1 saturated heterocycles. The van der Waals surface area contributed by atoms with Crippen molar-refractivity contribution in [1.29, 1.82) is 0 Å². The van der Waals surface area contributed by atoms with E-state index in [1.165, 1.54) is 0 Å². The minimum atomic E-state index is -0.213. The molecule has 18 heavy (non-hydrogen) atoms. The van der Waals surface area contributed by atoms with E-state index in [4.69, 9.17) is 11.6 Å². The number of nitrogens with zero attached hydrogens (tertiary/aromatic N) is 3. The van der Waals surface area contributed by atoms with Crippen LogP contribution in [0.2, 0.25) is 5.28 Å². The Labute approximate surface area is 109 Å². The maximum atomic E-state index is 9.51. The summed E-state index contributed by atoms with van der Waals surface area (Å²) in [6, 6.07) is 3.78. The summed E-state index contributed by atoms with van der Waals surface area (Å²) in [5.41, 5.74) is 1.54. The van der Waals surface area contributed by atoms with Gasteiger partial charge in [-0.25, -0.2) is 9.97 Å². The van der Waals surface area contributed by atoms with Crippen LogP contribution in [0.4, 0.5) is 0 Å². The van der Waals surface area contributed by atoms with Crippen LogP contribution in [0.1, 0.15) is 0 Å². The van der Waals surface area contributed by atoms with Gasteiger partial charge in [0.25, 0.3) is 0 Å². The summed E-state index contributed by atoms with van der Waals surface area (Å²) in [4.78, 5) is 8.03. The number of nitrogens with one attached hydrogen (secondary N) is 1. The molecule has 0 spiro atoms. The first-order valence-electron chi connectivity index (χ1n) is 5.72. The highest BCUT2D eigenvalue weighted by molar-refractivity contribution is 6.28. The van der Waals surface area contributed by atoms with Crippen molar-refractivity contribution in [2.24, 2.45) is 0 Å². The lowest BCUT2D eigenvalue weighted by Crippen LogP contribution is -2.62. The van der Waals surface area contributed by atoms with E-state index in [-0.39, 0.29) is 17.4 Å². The molecule has 1 aliphatic heterocycles. The van der Waals surface area contributed by atoms with E-state index in [1.54, 1.807) is 6.20 Å². The molecule has 0 saturated carbocycles. The summed E-state index contributed by atoms with van der Waals surface area (Å²) in [6.45, 7) is 1.68. The molecule has 5 nitrogen and oxygen atoms in total.